The van der Waals surface area contributed by atoms with Crippen molar-refractivity contribution in [2.75, 3.05) is 19.7 Å². The van der Waals surface area contributed by atoms with Crippen LogP contribution in [-0.2, 0) is 9.53 Å². The first kappa shape index (κ1) is 12.4. The average molecular weight is 215 g/mol. The average Bonchev–Trinajstić information content (AvgIpc) is 2.26. The summed E-state index contributed by atoms with van der Waals surface area (Å²) in [5, 5.41) is 0. The number of hydrazine groups is 1. The largest absolute Gasteiger partial charge is 0.376 e. The summed E-state index contributed by atoms with van der Waals surface area (Å²) in [6, 6.07) is 0.437. The predicted molar refractivity (Wildman–Crippen MR) is 58.0 cm³/mol. The molecule has 0 bridgehead atoms. The molecule has 1 heterocycles. The van der Waals surface area contributed by atoms with E-state index in [-0.39, 0.29) is 12.0 Å². The van der Waals surface area contributed by atoms with Crippen molar-refractivity contribution in [1.82, 2.24) is 10.3 Å². The third-order valence-corrected chi connectivity index (χ3v) is 2.84. The maximum absolute atomic E-state index is 11.0. The second-order valence-electron chi connectivity index (χ2n) is 4.02. The zero-order valence-corrected chi connectivity index (χ0v) is 9.53. The van der Waals surface area contributed by atoms with Crippen LogP contribution in [0.25, 0.3) is 0 Å². The molecule has 1 rings (SSSR count). The Balaban J connectivity index is 2.38. The number of hydrogen-bond donors (Lipinski definition) is 2. The molecule has 1 aliphatic rings. The topological polar surface area (TPSA) is 67.6 Å². The van der Waals surface area contributed by atoms with E-state index >= 15 is 0 Å². The number of rotatable bonds is 4. The number of carbonyl (C=O) groups is 1. The molecule has 0 radical (unpaired) electrons. The van der Waals surface area contributed by atoms with Crippen LogP contribution in [0, 0.1) is 0 Å². The van der Waals surface area contributed by atoms with Crippen molar-refractivity contribution in [3.8, 4) is 0 Å². The molecule has 5 heteroatoms. The Morgan fingerprint density at radius 3 is 3.00 bits per heavy atom. The van der Waals surface area contributed by atoms with Crippen LogP contribution in [0.4, 0.5) is 0 Å². The van der Waals surface area contributed by atoms with Crippen LogP contribution < -0.4 is 11.3 Å². The van der Waals surface area contributed by atoms with Gasteiger partial charge in [0.25, 0.3) is 0 Å². The van der Waals surface area contributed by atoms with Crippen LogP contribution in [0.5, 0.6) is 0 Å². The summed E-state index contributed by atoms with van der Waals surface area (Å²) in [6.07, 6.45) is 1.77. The first-order valence-electron chi connectivity index (χ1n) is 5.52. The standard InChI is InChI=1S/C10H21N3O2/c1-3-9-7-15-8(2)6-13(9)5-4-10(14)12-11/h8-9H,3-7,11H2,1-2H3,(H,12,14). The number of hydrogen-bond acceptors (Lipinski definition) is 4. The Kier molecular flexibility index (Phi) is 5.01. The van der Waals surface area contributed by atoms with E-state index in [1.165, 1.54) is 0 Å². The highest BCUT2D eigenvalue weighted by atomic mass is 16.5. The summed E-state index contributed by atoms with van der Waals surface area (Å²) >= 11 is 0. The van der Waals surface area contributed by atoms with Crippen LogP contribution in [0.1, 0.15) is 26.7 Å². The van der Waals surface area contributed by atoms with Crippen molar-refractivity contribution in [2.24, 2.45) is 5.84 Å². The van der Waals surface area contributed by atoms with Gasteiger partial charge in [-0.2, -0.15) is 0 Å². The quantitative estimate of drug-likeness (QED) is 0.389. The maximum Gasteiger partial charge on any atom is 0.235 e. The Morgan fingerprint density at radius 2 is 2.40 bits per heavy atom. The van der Waals surface area contributed by atoms with Gasteiger partial charge in [-0.15, -0.1) is 0 Å². The fourth-order valence-corrected chi connectivity index (χ4v) is 1.88. The Morgan fingerprint density at radius 1 is 1.67 bits per heavy atom. The second-order valence-corrected chi connectivity index (χ2v) is 4.02. The van der Waals surface area contributed by atoms with Gasteiger partial charge in [-0.1, -0.05) is 6.92 Å². The first-order chi connectivity index (χ1) is 7.17. The summed E-state index contributed by atoms with van der Waals surface area (Å²) in [4.78, 5) is 13.3. The van der Waals surface area contributed by atoms with Crippen molar-refractivity contribution in [2.45, 2.75) is 38.8 Å². The van der Waals surface area contributed by atoms with E-state index in [9.17, 15) is 4.79 Å². The van der Waals surface area contributed by atoms with E-state index in [0.29, 0.717) is 12.5 Å². The highest BCUT2D eigenvalue weighted by Gasteiger charge is 2.25. The van der Waals surface area contributed by atoms with Gasteiger partial charge in [0.2, 0.25) is 5.91 Å². The fraction of sp³-hybridized carbons (Fsp3) is 0.900. The van der Waals surface area contributed by atoms with Crippen LogP contribution in [0.15, 0.2) is 0 Å². The van der Waals surface area contributed by atoms with E-state index in [4.69, 9.17) is 10.6 Å². The Bertz CT molecular complexity index is 211. The highest BCUT2D eigenvalue weighted by molar-refractivity contribution is 5.75. The lowest BCUT2D eigenvalue weighted by molar-refractivity contribution is -0.122. The van der Waals surface area contributed by atoms with Gasteiger partial charge in [0.05, 0.1) is 12.7 Å². The van der Waals surface area contributed by atoms with Crippen LogP contribution >= 0.6 is 0 Å². The van der Waals surface area contributed by atoms with E-state index in [1.54, 1.807) is 0 Å². The minimum Gasteiger partial charge on any atom is -0.376 e. The third-order valence-electron chi connectivity index (χ3n) is 2.84. The monoisotopic (exact) mass is 215 g/mol. The van der Waals surface area contributed by atoms with Crippen LogP contribution in [0.3, 0.4) is 0 Å². The number of nitrogens with one attached hydrogen (secondary N) is 1. The molecule has 0 aromatic rings. The lowest BCUT2D eigenvalue weighted by atomic mass is 10.1. The summed E-state index contributed by atoms with van der Waals surface area (Å²) in [7, 11) is 0. The molecule has 2 atom stereocenters. The number of carbonyl (C=O) groups excluding carboxylic acids is 1. The first-order valence-corrected chi connectivity index (χ1v) is 5.52. The van der Waals surface area contributed by atoms with E-state index < -0.39 is 0 Å². The SMILES string of the molecule is CCC1COC(C)CN1CCC(=O)NN. The predicted octanol–water partition coefficient (Wildman–Crippen LogP) is -0.134. The minimum absolute atomic E-state index is 0.107. The van der Waals surface area contributed by atoms with Crippen molar-refractivity contribution < 1.29 is 9.53 Å². The zero-order valence-electron chi connectivity index (χ0n) is 9.53. The number of morpholine rings is 1. The molecule has 3 N–H and O–H groups in total. The minimum atomic E-state index is -0.107. The molecule has 0 saturated carbocycles. The molecular weight excluding hydrogens is 194 g/mol. The summed E-state index contributed by atoms with van der Waals surface area (Å²) in [5.41, 5.74) is 2.15. The van der Waals surface area contributed by atoms with Gasteiger partial charge in [-0.25, -0.2) is 5.84 Å². The molecule has 1 amide bonds. The summed E-state index contributed by atoms with van der Waals surface area (Å²) < 4.78 is 5.58. The van der Waals surface area contributed by atoms with Gasteiger partial charge in [0.15, 0.2) is 0 Å². The lowest BCUT2D eigenvalue weighted by Gasteiger charge is -2.38. The van der Waals surface area contributed by atoms with Gasteiger partial charge in [0.1, 0.15) is 0 Å². The van der Waals surface area contributed by atoms with Gasteiger partial charge >= 0.3 is 0 Å². The van der Waals surface area contributed by atoms with E-state index in [0.717, 1.165) is 26.1 Å². The Hall–Kier alpha value is -0.650. The molecule has 1 saturated heterocycles. The summed E-state index contributed by atoms with van der Waals surface area (Å²) in [6.45, 7) is 6.62. The lowest BCUT2D eigenvalue weighted by Crippen LogP contribution is -2.49. The number of ether oxygens (including phenoxy) is 1. The molecule has 1 fully saturated rings. The summed E-state index contributed by atoms with van der Waals surface area (Å²) in [5.74, 6) is 4.93. The molecule has 0 spiro atoms. The normalized spacial score (nSPS) is 27.7. The molecular formula is C10H21N3O2. The molecule has 2 unspecified atom stereocenters. The van der Waals surface area contributed by atoms with Crippen molar-refractivity contribution in [1.29, 1.82) is 0 Å². The maximum atomic E-state index is 11.0. The van der Waals surface area contributed by atoms with Crippen molar-refractivity contribution in [3.63, 3.8) is 0 Å². The second kappa shape index (κ2) is 6.05. The molecule has 0 aromatic carbocycles. The van der Waals surface area contributed by atoms with Crippen molar-refractivity contribution >= 4 is 5.91 Å². The Labute approximate surface area is 90.9 Å². The highest BCUT2D eigenvalue weighted by Crippen LogP contribution is 2.14. The molecule has 88 valence electrons. The third kappa shape index (κ3) is 3.77. The van der Waals surface area contributed by atoms with Crippen molar-refractivity contribution in [3.05, 3.63) is 0 Å². The van der Waals surface area contributed by atoms with Gasteiger partial charge in [0, 0.05) is 25.6 Å². The number of amides is 1. The molecule has 15 heavy (non-hydrogen) atoms. The number of nitrogens with two attached hydrogens (primary N) is 1. The smallest absolute Gasteiger partial charge is 0.235 e. The van der Waals surface area contributed by atoms with Crippen LogP contribution in [0.2, 0.25) is 0 Å². The molecule has 5 nitrogen and oxygen atoms in total. The van der Waals surface area contributed by atoms with E-state index in [2.05, 4.69) is 24.2 Å². The van der Waals surface area contributed by atoms with Gasteiger partial charge in [-0.3, -0.25) is 15.1 Å². The van der Waals surface area contributed by atoms with E-state index in [1.807, 2.05) is 0 Å². The zero-order chi connectivity index (χ0) is 11.3. The van der Waals surface area contributed by atoms with Gasteiger partial charge < -0.3 is 4.74 Å². The van der Waals surface area contributed by atoms with Gasteiger partial charge in [-0.05, 0) is 13.3 Å². The molecule has 0 aliphatic carbocycles. The fourth-order valence-electron chi connectivity index (χ4n) is 1.88. The molecule has 1 aliphatic heterocycles. The number of nitrogens with zero attached hydrogens (tertiary/aromatic N) is 1. The van der Waals surface area contributed by atoms with Crippen LogP contribution in [-0.4, -0.2) is 42.6 Å². The molecule has 0 aromatic heterocycles.